The van der Waals surface area contributed by atoms with E-state index in [1.54, 1.807) is 12.1 Å². The van der Waals surface area contributed by atoms with Crippen LogP contribution in [0.5, 0.6) is 0 Å². The summed E-state index contributed by atoms with van der Waals surface area (Å²) in [5.74, 6) is -0.835. The number of nitro groups is 1. The first kappa shape index (κ1) is 14.1. The molecule has 1 aromatic carbocycles. The van der Waals surface area contributed by atoms with Crippen molar-refractivity contribution in [3.05, 3.63) is 39.9 Å². The molecule has 1 unspecified atom stereocenters. The van der Waals surface area contributed by atoms with Crippen molar-refractivity contribution in [3.63, 3.8) is 0 Å². The van der Waals surface area contributed by atoms with E-state index in [9.17, 15) is 14.9 Å². The fourth-order valence-corrected chi connectivity index (χ4v) is 1.59. The minimum absolute atomic E-state index is 0.0187. The Bertz CT molecular complexity index is 430. The summed E-state index contributed by atoms with van der Waals surface area (Å²) in [7, 11) is 1.83. The highest BCUT2D eigenvalue weighted by molar-refractivity contribution is 5.66. The number of aliphatic carboxylic acids is 1. The standard InChI is InChI=1S/C12H16N2O4/c1-9(13(2)8-7-12(15)16)10-3-5-11(6-4-10)14(17)18/h3-6,9H,7-8H2,1-2H3,(H,15,16). The lowest BCUT2D eigenvalue weighted by molar-refractivity contribution is -0.384. The van der Waals surface area contributed by atoms with Crippen LogP contribution in [0.25, 0.3) is 0 Å². The van der Waals surface area contributed by atoms with Crippen molar-refractivity contribution in [3.8, 4) is 0 Å². The number of nitro benzene ring substituents is 1. The fraction of sp³-hybridized carbons (Fsp3) is 0.417. The first-order chi connectivity index (χ1) is 8.41. The number of benzene rings is 1. The topological polar surface area (TPSA) is 83.7 Å². The molecule has 0 fully saturated rings. The minimum Gasteiger partial charge on any atom is -0.481 e. The van der Waals surface area contributed by atoms with Gasteiger partial charge in [-0.1, -0.05) is 12.1 Å². The van der Waals surface area contributed by atoms with Crippen molar-refractivity contribution in [2.75, 3.05) is 13.6 Å². The molecule has 0 amide bonds. The highest BCUT2D eigenvalue weighted by atomic mass is 16.6. The number of carbonyl (C=O) groups is 1. The molecule has 0 spiro atoms. The predicted octanol–water partition coefficient (Wildman–Crippen LogP) is 2.06. The Labute approximate surface area is 105 Å². The molecule has 0 aliphatic rings. The molecule has 6 nitrogen and oxygen atoms in total. The second-order valence-electron chi connectivity index (χ2n) is 4.15. The average Bonchev–Trinajstić information content (AvgIpc) is 2.35. The molecule has 6 heteroatoms. The van der Waals surface area contributed by atoms with E-state index in [-0.39, 0.29) is 18.2 Å². The Morgan fingerprint density at radius 1 is 1.44 bits per heavy atom. The zero-order chi connectivity index (χ0) is 13.7. The number of carboxylic acids is 1. The third kappa shape index (κ3) is 3.81. The molecular weight excluding hydrogens is 236 g/mol. The van der Waals surface area contributed by atoms with Gasteiger partial charge in [0.1, 0.15) is 0 Å². The molecule has 1 aromatic rings. The molecule has 0 bridgehead atoms. The van der Waals surface area contributed by atoms with E-state index in [2.05, 4.69) is 0 Å². The zero-order valence-electron chi connectivity index (χ0n) is 10.4. The Morgan fingerprint density at radius 3 is 2.44 bits per heavy atom. The molecule has 0 heterocycles. The molecular formula is C12H16N2O4. The summed E-state index contributed by atoms with van der Waals surface area (Å²) in [6.45, 7) is 2.37. The van der Waals surface area contributed by atoms with Crippen molar-refractivity contribution in [2.45, 2.75) is 19.4 Å². The van der Waals surface area contributed by atoms with E-state index in [4.69, 9.17) is 5.11 Å². The lowest BCUT2D eigenvalue weighted by atomic mass is 10.1. The lowest BCUT2D eigenvalue weighted by Crippen LogP contribution is -2.25. The summed E-state index contributed by atoms with van der Waals surface area (Å²) in [5.41, 5.74) is 0.979. The molecule has 0 aliphatic heterocycles. The van der Waals surface area contributed by atoms with Crippen LogP contribution in [0.3, 0.4) is 0 Å². The van der Waals surface area contributed by atoms with E-state index >= 15 is 0 Å². The maximum atomic E-state index is 10.5. The second-order valence-corrected chi connectivity index (χ2v) is 4.15. The maximum Gasteiger partial charge on any atom is 0.304 e. The van der Waals surface area contributed by atoms with E-state index in [1.807, 2.05) is 18.9 Å². The highest BCUT2D eigenvalue weighted by Crippen LogP contribution is 2.21. The third-order valence-corrected chi connectivity index (χ3v) is 2.93. The monoisotopic (exact) mass is 252 g/mol. The van der Waals surface area contributed by atoms with Gasteiger partial charge in [0.25, 0.3) is 5.69 Å². The van der Waals surface area contributed by atoms with Gasteiger partial charge >= 0.3 is 5.97 Å². The number of nitrogens with zero attached hydrogens (tertiary/aromatic N) is 2. The SMILES string of the molecule is CC(c1ccc([N+](=O)[O-])cc1)N(C)CCC(=O)O. The van der Waals surface area contributed by atoms with Crippen LogP contribution in [0.2, 0.25) is 0 Å². The molecule has 1 N–H and O–H groups in total. The molecule has 0 saturated carbocycles. The number of carboxylic acid groups (broad SMARTS) is 1. The van der Waals surface area contributed by atoms with Gasteiger partial charge in [-0.3, -0.25) is 19.8 Å². The first-order valence-electron chi connectivity index (χ1n) is 5.58. The van der Waals surface area contributed by atoms with E-state index in [1.165, 1.54) is 12.1 Å². The molecule has 0 aliphatic carbocycles. The van der Waals surface area contributed by atoms with Crippen LogP contribution >= 0.6 is 0 Å². The van der Waals surface area contributed by atoms with Crippen LogP contribution in [0.15, 0.2) is 24.3 Å². The highest BCUT2D eigenvalue weighted by Gasteiger charge is 2.14. The van der Waals surface area contributed by atoms with Gasteiger partial charge in [-0.2, -0.15) is 0 Å². The Kier molecular flexibility index (Phi) is 4.79. The predicted molar refractivity (Wildman–Crippen MR) is 66.4 cm³/mol. The summed E-state index contributed by atoms with van der Waals surface area (Å²) in [5, 5.41) is 19.1. The number of hydrogen-bond acceptors (Lipinski definition) is 4. The maximum absolute atomic E-state index is 10.5. The van der Waals surface area contributed by atoms with Gasteiger partial charge in [0.2, 0.25) is 0 Å². The average molecular weight is 252 g/mol. The van der Waals surface area contributed by atoms with Gasteiger partial charge in [-0.25, -0.2) is 0 Å². The van der Waals surface area contributed by atoms with E-state index in [0.29, 0.717) is 6.54 Å². The van der Waals surface area contributed by atoms with Crippen LogP contribution < -0.4 is 0 Å². The van der Waals surface area contributed by atoms with Crippen LogP contribution in [0.4, 0.5) is 5.69 Å². The normalized spacial score (nSPS) is 12.4. The number of rotatable bonds is 6. The minimum atomic E-state index is -0.835. The molecule has 0 saturated heterocycles. The number of hydrogen-bond donors (Lipinski definition) is 1. The summed E-state index contributed by atoms with van der Waals surface area (Å²) < 4.78 is 0. The van der Waals surface area contributed by atoms with Crippen LogP contribution in [-0.4, -0.2) is 34.5 Å². The van der Waals surface area contributed by atoms with Crippen molar-refractivity contribution < 1.29 is 14.8 Å². The van der Waals surface area contributed by atoms with E-state index in [0.717, 1.165) is 5.56 Å². The second kappa shape index (κ2) is 6.11. The zero-order valence-corrected chi connectivity index (χ0v) is 10.4. The van der Waals surface area contributed by atoms with Crippen LogP contribution in [0, 0.1) is 10.1 Å². The smallest absolute Gasteiger partial charge is 0.304 e. The fourth-order valence-electron chi connectivity index (χ4n) is 1.59. The van der Waals surface area contributed by atoms with E-state index < -0.39 is 10.9 Å². The van der Waals surface area contributed by atoms with Crippen molar-refractivity contribution in [1.82, 2.24) is 4.90 Å². The molecule has 0 radical (unpaired) electrons. The number of non-ortho nitro benzene ring substituents is 1. The molecule has 1 atom stereocenters. The molecule has 0 aromatic heterocycles. The summed E-state index contributed by atoms with van der Waals surface area (Å²) in [6.07, 6.45) is 0.0772. The third-order valence-electron chi connectivity index (χ3n) is 2.93. The largest absolute Gasteiger partial charge is 0.481 e. The molecule has 98 valence electrons. The van der Waals surface area contributed by atoms with Crippen LogP contribution in [0.1, 0.15) is 24.9 Å². The Morgan fingerprint density at radius 2 is 2.00 bits per heavy atom. The lowest BCUT2D eigenvalue weighted by Gasteiger charge is -2.24. The summed E-state index contributed by atoms with van der Waals surface area (Å²) >= 11 is 0. The Hall–Kier alpha value is -1.95. The summed E-state index contributed by atoms with van der Waals surface area (Å²) in [6, 6.07) is 6.32. The van der Waals surface area contributed by atoms with Gasteiger partial charge in [-0.05, 0) is 19.5 Å². The molecule has 18 heavy (non-hydrogen) atoms. The molecule has 1 rings (SSSR count). The summed E-state index contributed by atoms with van der Waals surface area (Å²) in [4.78, 5) is 22.5. The van der Waals surface area contributed by atoms with Gasteiger partial charge in [-0.15, -0.1) is 0 Å². The van der Waals surface area contributed by atoms with Crippen molar-refractivity contribution in [1.29, 1.82) is 0 Å². The van der Waals surface area contributed by atoms with Crippen molar-refractivity contribution in [2.24, 2.45) is 0 Å². The quantitative estimate of drug-likeness (QED) is 0.618. The van der Waals surface area contributed by atoms with Gasteiger partial charge in [0, 0.05) is 24.7 Å². The van der Waals surface area contributed by atoms with Crippen molar-refractivity contribution >= 4 is 11.7 Å². The van der Waals surface area contributed by atoms with Crippen LogP contribution in [-0.2, 0) is 4.79 Å². The van der Waals surface area contributed by atoms with Gasteiger partial charge in [0.15, 0.2) is 0 Å². The Balaban J connectivity index is 2.68. The van der Waals surface area contributed by atoms with Gasteiger partial charge < -0.3 is 5.11 Å². The first-order valence-corrected chi connectivity index (χ1v) is 5.58. The van der Waals surface area contributed by atoms with Gasteiger partial charge in [0.05, 0.1) is 11.3 Å².